The quantitative estimate of drug-likeness (QED) is 0.878. The van der Waals surface area contributed by atoms with E-state index in [-0.39, 0.29) is 6.04 Å². The molecule has 1 aromatic rings. The maximum Gasteiger partial charge on any atom is 0.0424 e. The molecule has 2 N–H and O–H groups in total. The third-order valence-corrected chi connectivity index (χ3v) is 4.50. The fraction of sp³-hybridized carbons (Fsp3) is 0.647. The summed E-state index contributed by atoms with van der Waals surface area (Å²) in [6.07, 6.45) is 7.97. The summed E-state index contributed by atoms with van der Waals surface area (Å²) in [6.45, 7) is 3.15. The summed E-state index contributed by atoms with van der Waals surface area (Å²) >= 11 is 0. The van der Waals surface area contributed by atoms with Crippen LogP contribution >= 0.6 is 0 Å². The average molecular weight is 260 g/mol. The Labute approximate surface area is 118 Å². The number of likely N-dealkylation sites (N-methyl/N-ethyl adjacent to an activating group) is 1. The van der Waals surface area contributed by atoms with Gasteiger partial charge in [0.25, 0.3) is 0 Å². The van der Waals surface area contributed by atoms with Gasteiger partial charge in [-0.05, 0) is 37.4 Å². The van der Waals surface area contributed by atoms with Crippen molar-refractivity contribution >= 4 is 0 Å². The van der Waals surface area contributed by atoms with Gasteiger partial charge in [-0.3, -0.25) is 0 Å². The largest absolute Gasteiger partial charge is 0.323 e. The zero-order valence-electron chi connectivity index (χ0n) is 12.4. The molecule has 2 nitrogen and oxygen atoms in total. The molecule has 1 aliphatic rings. The monoisotopic (exact) mass is 260 g/mol. The molecule has 1 aromatic carbocycles. The van der Waals surface area contributed by atoms with Gasteiger partial charge < -0.3 is 10.6 Å². The lowest BCUT2D eigenvalue weighted by molar-refractivity contribution is 0.182. The molecule has 19 heavy (non-hydrogen) atoms. The molecule has 0 aromatic heterocycles. The Kier molecular flexibility index (Phi) is 5.41. The van der Waals surface area contributed by atoms with E-state index >= 15 is 0 Å². The van der Waals surface area contributed by atoms with Gasteiger partial charge in [0.05, 0.1) is 0 Å². The fourth-order valence-electron chi connectivity index (χ4n) is 3.09. The Morgan fingerprint density at radius 1 is 1.16 bits per heavy atom. The Morgan fingerprint density at radius 3 is 2.37 bits per heavy atom. The Morgan fingerprint density at radius 2 is 1.79 bits per heavy atom. The Bertz CT molecular complexity index is 365. The van der Waals surface area contributed by atoms with Gasteiger partial charge >= 0.3 is 0 Å². The van der Waals surface area contributed by atoms with Crippen molar-refractivity contribution in [2.75, 3.05) is 13.6 Å². The van der Waals surface area contributed by atoms with Crippen LogP contribution in [0, 0.1) is 0 Å². The van der Waals surface area contributed by atoms with E-state index in [1.54, 1.807) is 0 Å². The highest BCUT2D eigenvalue weighted by Gasteiger charge is 2.20. The van der Waals surface area contributed by atoms with Crippen LogP contribution in [0.1, 0.15) is 56.2 Å². The van der Waals surface area contributed by atoms with E-state index in [1.807, 2.05) is 0 Å². The van der Waals surface area contributed by atoms with Gasteiger partial charge in [-0.15, -0.1) is 0 Å². The van der Waals surface area contributed by atoms with Crippen molar-refractivity contribution in [2.24, 2.45) is 5.73 Å². The minimum Gasteiger partial charge on any atom is -0.323 e. The van der Waals surface area contributed by atoms with E-state index in [0.717, 1.165) is 19.0 Å². The minimum atomic E-state index is 0.137. The maximum atomic E-state index is 6.35. The summed E-state index contributed by atoms with van der Waals surface area (Å²) in [5.41, 5.74) is 9.00. The van der Waals surface area contributed by atoms with E-state index < -0.39 is 0 Å². The van der Waals surface area contributed by atoms with Gasteiger partial charge in [-0.25, -0.2) is 0 Å². The van der Waals surface area contributed by atoms with E-state index in [9.17, 15) is 0 Å². The lowest BCUT2D eigenvalue weighted by Gasteiger charge is -2.33. The topological polar surface area (TPSA) is 29.3 Å². The smallest absolute Gasteiger partial charge is 0.0424 e. The molecule has 2 heteroatoms. The van der Waals surface area contributed by atoms with Gasteiger partial charge in [0, 0.05) is 18.6 Å². The SMILES string of the molecule is CCc1ccc(C(N)CN(C)C2CCCCC2)cc1. The second kappa shape index (κ2) is 7.06. The molecular weight excluding hydrogens is 232 g/mol. The van der Waals surface area contributed by atoms with Crippen LogP contribution in [0.15, 0.2) is 24.3 Å². The number of rotatable bonds is 5. The standard InChI is InChI=1S/C17H28N2/c1-3-14-9-11-15(12-10-14)17(18)13-19(2)16-7-5-4-6-8-16/h9-12,16-17H,3-8,13,18H2,1-2H3. The second-order valence-electron chi connectivity index (χ2n) is 5.93. The molecular formula is C17H28N2. The van der Waals surface area contributed by atoms with Gasteiger partial charge in [0.15, 0.2) is 0 Å². The van der Waals surface area contributed by atoms with Crippen LogP contribution in [0.4, 0.5) is 0 Å². The molecule has 1 atom stereocenters. The van der Waals surface area contributed by atoms with E-state index in [4.69, 9.17) is 5.73 Å². The first-order valence-electron chi connectivity index (χ1n) is 7.75. The third kappa shape index (κ3) is 4.05. The zero-order chi connectivity index (χ0) is 13.7. The summed E-state index contributed by atoms with van der Waals surface area (Å²) in [6, 6.07) is 9.68. The number of nitrogens with zero attached hydrogens (tertiary/aromatic N) is 1. The van der Waals surface area contributed by atoms with E-state index in [0.29, 0.717) is 0 Å². The van der Waals surface area contributed by atoms with Crippen molar-refractivity contribution in [1.82, 2.24) is 4.90 Å². The first-order chi connectivity index (χ1) is 9.20. The molecule has 0 heterocycles. The molecule has 1 fully saturated rings. The summed E-state index contributed by atoms with van der Waals surface area (Å²) < 4.78 is 0. The van der Waals surface area contributed by atoms with Crippen molar-refractivity contribution < 1.29 is 0 Å². The van der Waals surface area contributed by atoms with Crippen molar-refractivity contribution in [3.8, 4) is 0 Å². The van der Waals surface area contributed by atoms with Crippen LogP contribution in [0.3, 0.4) is 0 Å². The Hall–Kier alpha value is -0.860. The van der Waals surface area contributed by atoms with Gasteiger partial charge in [0.1, 0.15) is 0 Å². The summed E-state index contributed by atoms with van der Waals surface area (Å²) in [5, 5.41) is 0. The van der Waals surface area contributed by atoms with Crippen LogP contribution < -0.4 is 5.73 Å². The number of hydrogen-bond donors (Lipinski definition) is 1. The Balaban J connectivity index is 1.89. The lowest BCUT2D eigenvalue weighted by atomic mass is 9.94. The highest BCUT2D eigenvalue weighted by molar-refractivity contribution is 5.25. The van der Waals surface area contributed by atoms with E-state index in [1.165, 1.54) is 43.2 Å². The van der Waals surface area contributed by atoms with Crippen molar-refractivity contribution in [2.45, 2.75) is 57.5 Å². The van der Waals surface area contributed by atoms with Crippen LogP contribution in [0.2, 0.25) is 0 Å². The zero-order valence-corrected chi connectivity index (χ0v) is 12.4. The highest BCUT2D eigenvalue weighted by atomic mass is 15.1. The minimum absolute atomic E-state index is 0.137. The highest BCUT2D eigenvalue weighted by Crippen LogP contribution is 2.23. The first-order valence-corrected chi connectivity index (χ1v) is 7.75. The second-order valence-corrected chi connectivity index (χ2v) is 5.93. The normalized spacial score (nSPS) is 18.7. The fourth-order valence-corrected chi connectivity index (χ4v) is 3.09. The number of hydrogen-bond acceptors (Lipinski definition) is 2. The third-order valence-electron chi connectivity index (χ3n) is 4.50. The molecule has 2 rings (SSSR count). The molecule has 0 spiro atoms. The lowest BCUT2D eigenvalue weighted by Crippen LogP contribution is -2.38. The summed E-state index contributed by atoms with van der Waals surface area (Å²) in [4.78, 5) is 2.47. The molecule has 106 valence electrons. The van der Waals surface area contributed by atoms with Gasteiger partial charge in [-0.2, -0.15) is 0 Å². The summed E-state index contributed by atoms with van der Waals surface area (Å²) in [5.74, 6) is 0. The molecule has 1 saturated carbocycles. The van der Waals surface area contributed by atoms with Gasteiger partial charge in [0.2, 0.25) is 0 Å². The van der Waals surface area contributed by atoms with Crippen LogP contribution in [0.5, 0.6) is 0 Å². The van der Waals surface area contributed by atoms with Crippen LogP contribution in [0.25, 0.3) is 0 Å². The van der Waals surface area contributed by atoms with E-state index in [2.05, 4.69) is 43.1 Å². The molecule has 0 amide bonds. The number of nitrogens with two attached hydrogens (primary N) is 1. The molecule has 0 bridgehead atoms. The summed E-state index contributed by atoms with van der Waals surface area (Å²) in [7, 11) is 2.23. The molecule has 0 aliphatic heterocycles. The number of aryl methyl sites for hydroxylation is 1. The predicted molar refractivity (Wildman–Crippen MR) is 82.3 cm³/mol. The maximum absolute atomic E-state index is 6.35. The number of benzene rings is 1. The van der Waals surface area contributed by atoms with Crippen molar-refractivity contribution in [1.29, 1.82) is 0 Å². The average Bonchev–Trinajstić information content (AvgIpc) is 2.48. The van der Waals surface area contributed by atoms with Gasteiger partial charge in [-0.1, -0.05) is 50.5 Å². The van der Waals surface area contributed by atoms with Crippen LogP contribution in [-0.4, -0.2) is 24.5 Å². The van der Waals surface area contributed by atoms with Crippen molar-refractivity contribution in [3.05, 3.63) is 35.4 Å². The molecule has 0 radical (unpaired) electrons. The molecule has 0 saturated heterocycles. The molecule has 1 unspecified atom stereocenters. The van der Waals surface area contributed by atoms with Crippen molar-refractivity contribution in [3.63, 3.8) is 0 Å². The first kappa shape index (κ1) is 14.5. The van der Waals surface area contributed by atoms with Crippen LogP contribution in [-0.2, 0) is 6.42 Å². The molecule has 1 aliphatic carbocycles. The predicted octanol–water partition coefficient (Wildman–Crippen LogP) is 3.51.